The molecule has 2 heterocycles. The van der Waals surface area contributed by atoms with Crippen LogP contribution >= 0.6 is 0 Å². The largest absolute Gasteiger partial charge is 0.508 e. The van der Waals surface area contributed by atoms with E-state index in [1.807, 2.05) is 6.07 Å². The fourth-order valence-electron chi connectivity index (χ4n) is 2.61. The van der Waals surface area contributed by atoms with E-state index in [-0.39, 0.29) is 22.8 Å². The lowest BCUT2D eigenvalue weighted by atomic mass is 9.84. The number of nitrogens with one attached hydrogen (secondary N) is 1. The van der Waals surface area contributed by atoms with Crippen LogP contribution in [0.3, 0.4) is 0 Å². The number of allylic oxidation sites excluding steroid dienone is 1. The van der Waals surface area contributed by atoms with Crippen LogP contribution in [0.1, 0.15) is 22.7 Å². The molecule has 0 amide bonds. The number of phenolic OH excluding ortho intramolecular Hbond substituents is 1. The highest BCUT2D eigenvalue weighted by Gasteiger charge is 2.33. The van der Waals surface area contributed by atoms with Crippen molar-refractivity contribution in [2.24, 2.45) is 5.73 Å². The van der Waals surface area contributed by atoms with Gasteiger partial charge in [-0.2, -0.15) is 5.26 Å². The van der Waals surface area contributed by atoms with E-state index >= 15 is 0 Å². The zero-order valence-corrected chi connectivity index (χ0v) is 11.8. The second-order valence-corrected chi connectivity index (χ2v) is 5.08. The van der Waals surface area contributed by atoms with Crippen LogP contribution in [0.4, 0.5) is 0 Å². The summed E-state index contributed by atoms with van der Waals surface area (Å²) in [4.78, 5) is 15.1. The van der Waals surface area contributed by atoms with Crippen molar-refractivity contribution < 1.29 is 9.84 Å². The molecule has 22 heavy (non-hydrogen) atoms. The van der Waals surface area contributed by atoms with Gasteiger partial charge in [-0.15, -0.1) is 0 Å². The number of ether oxygens (including phenoxy) is 1. The maximum atomic E-state index is 12.3. The summed E-state index contributed by atoms with van der Waals surface area (Å²) in [6, 6.07) is 9.99. The number of phenols is 1. The van der Waals surface area contributed by atoms with Crippen molar-refractivity contribution in [1.29, 1.82) is 5.26 Å². The van der Waals surface area contributed by atoms with Crippen molar-refractivity contribution in [1.82, 2.24) is 4.98 Å². The average molecular weight is 295 g/mol. The minimum absolute atomic E-state index is 0.0157. The number of hydrogen-bond acceptors (Lipinski definition) is 5. The second-order valence-electron chi connectivity index (χ2n) is 5.08. The van der Waals surface area contributed by atoms with Gasteiger partial charge in [0, 0.05) is 11.8 Å². The molecule has 0 unspecified atom stereocenters. The Morgan fingerprint density at radius 3 is 2.68 bits per heavy atom. The van der Waals surface area contributed by atoms with Crippen molar-refractivity contribution in [3.8, 4) is 17.6 Å². The van der Waals surface area contributed by atoms with Gasteiger partial charge in [-0.1, -0.05) is 12.1 Å². The minimum atomic E-state index is -0.626. The Morgan fingerprint density at radius 2 is 2.05 bits per heavy atom. The lowest BCUT2D eigenvalue weighted by Crippen LogP contribution is -2.27. The van der Waals surface area contributed by atoms with Crippen LogP contribution in [0, 0.1) is 18.3 Å². The van der Waals surface area contributed by atoms with Gasteiger partial charge in [-0.3, -0.25) is 4.79 Å². The Labute approximate surface area is 126 Å². The summed E-state index contributed by atoms with van der Waals surface area (Å²) in [7, 11) is 0. The first-order valence-electron chi connectivity index (χ1n) is 6.61. The molecule has 0 aliphatic carbocycles. The van der Waals surface area contributed by atoms with E-state index < -0.39 is 5.92 Å². The number of fused-ring (bicyclic) bond motifs is 1. The third-order valence-corrected chi connectivity index (χ3v) is 3.58. The number of pyridine rings is 1. The van der Waals surface area contributed by atoms with E-state index in [0.717, 1.165) is 0 Å². The summed E-state index contributed by atoms with van der Waals surface area (Å²) in [5, 5.41) is 18.8. The van der Waals surface area contributed by atoms with E-state index in [1.54, 1.807) is 25.1 Å². The molecule has 0 spiro atoms. The summed E-state index contributed by atoms with van der Waals surface area (Å²) in [6.07, 6.45) is 0. The van der Waals surface area contributed by atoms with Crippen molar-refractivity contribution in [2.75, 3.05) is 0 Å². The van der Waals surface area contributed by atoms with Gasteiger partial charge in [0.15, 0.2) is 0 Å². The van der Waals surface area contributed by atoms with Gasteiger partial charge >= 0.3 is 0 Å². The first-order valence-corrected chi connectivity index (χ1v) is 6.61. The molecule has 0 saturated heterocycles. The fraction of sp³-hybridized carbons (Fsp3) is 0.125. The first kappa shape index (κ1) is 13.8. The normalized spacial score (nSPS) is 16.6. The van der Waals surface area contributed by atoms with Crippen LogP contribution in [0.5, 0.6) is 11.5 Å². The summed E-state index contributed by atoms with van der Waals surface area (Å²) < 4.78 is 5.44. The molecule has 4 N–H and O–H groups in total. The van der Waals surface area contributed by atoms with E-state index in [9.17, 15) is 15.2 Å². The van der Waals surface area contributed by atoms with Crippen LogP contribution < -0.4 is 16.0 Å². The Bertz CT molecular complexity index is 873. The molecule has 3 rings (SSSR count). The molecule has 0 bridgehead atoms. The smallest absolute Gasteiger partial charge is 0.256 e. The molecular formula is C16H13N3O3. The molecule has 110 valence electrons. The van der Waals surface area contributed by atoms with Crippen LogP contribution in [0.2, 0.25) is 0 Å². The van der Waals surface area contributed by atoms with E-state index in [4.69, 9.17) is 10.5 Å². The number of nitrogens with zero attached hydrogens (tertiary/aromatic N) is 1. The molecule has 1 aliphatic heterocycles. The quantitative estimate of drug-likeness (QED) is 0.740. The summed E-state index contributed by atoms with van der Waals surface area (Å²) in [5.74, 6) is -0.197. The number of aromatic hydroxyl groups is 1. The number of hydrogen-bond donors (Lipinski definition) is 3. The number of nitriles is 1. The highest BCUT2D eigenvalue weighted by Crippen LogP contribution is 2.40. The van der Waals surface area contributed by atoms with Gasteiger partial charge in [0.25, 0.3) is 5.56 Å². The standard InChI is InChI=1S/C16H13N3O3/c1-8-6-12-14(16(21)19-8)13(11(7-17)15(18)22-12)9-2-4-10(20)5-3-9/h2-6,13,20H,18H2,1H3,(H,19,21)/t13-/m0/s1. The lowest BCUT2D eigenvalue weighted by molar-refractivity contribution is 0.391. The molecule has 6 nitrogen and oxygen atoms in total. The lowest BCUT2D eigenvalue weighted by Gasteiger charge is -2.25. The number of aromatic amines is 1. The fourth-order valence-corrected chi connectivity index (χ4v) is 2.61. The summed E-state index contributed by atoms with van der Waals surface area (Å²) >= 11 is 0. The van der Waals surface area contributed by atoms with E-state index in [0.29, 0.717) is 22.6 Å². The highest BCUT2D eigenvalue weighted by molar-refractivity contribution is 5.55. The van der Waals surface area contributed by atoms with E-state index in [2.05, 4.69) is 4.98 Å². The zero-order chi connectivity index (χ0) is 15.9. The van der Waals surface area contributed by atoms with Crippen molar-refractivity contribution in [3.63, 3.8) is 0 Å². The number of aryl methyl sites for hydroxylation is 1. The van der Waals surface area contributed by atoms with Crippen molar-refractivity contribution in [3.05, 3.63) is 69.0 Å². The van der Waals surface area contributed by atoms with Crippen molar-refractivity contribution >= 4 is 0 Å². The molecule has 2 aromatic rings. The highest BCUT2D eigenvalue weighted by atomic mass is 16.5. The third-order valence-electron chi connectivity index (χ3n) is 3.58. The van der Waals surface area contributed by atoms with Gasteiger partial charge in [-0.25, -0.2) is 0 Å². The van der Waals surface area contributed by atoms with Crippen LogP contribution in [-0.4, -0.2) is 10.1 Å². The molecule has 1 atom stereocenters. The Morgan fingerprint density at radius 1 is 1.36 bits per heavy atom. The number of benzene rings is 1. The molecule has 1 aromatic carbocycles. The van der Waals surface area contributed by atoms with Crippen LogP contribution in [0.25, 0.3) is 0 Å². The Balaban J connectivity index is 2.29. The summed E-state index contributed by atoms with van der Waals surface area (Å²) in [6.45, 7) is 1.74. The van der Waals surface area contributed by atoms with Gasteiger partial charge in [-0.05, 0) is 24.6 Å². The Kier molecular flexibility index (Phi) is 3.11. The minimum Gasteiger partial charge on any atom is -0.508 e. The molecule has 0 saturated carbocycles. The maximum Gasteiger partial charge on any atom is 0.256 e. The molecule has 6 heteroatoms. The third kappa shape index (κ3) is 2.09. The number of nitrogens with two attached hydrogens (primary N) is 1. The summed E-state index contributed by atoms with van der Waals surface area (Å²) in [5.41, 5.74) is 7.34. The molecular weight excluding hydrogens is 282 g/mol. The predicted octanol–water partition coefficient (Wildman–Crippen LogP) is 1.61. The number of aromatic nitrogens is 1. The second kappa shape index (κ2) is 4.97. The number of H-pyrrole nitrogens is 1. The molecule has 1 aromatic heterocycles. The predicted molar refractivity (Wildman–Crippen MR) is 79.2 cm³/mol. The van der Waals surface area contributed by atoms with E-state index in [1.165, 1.54) is 12.1 Å². The van der Waals surface area contributed by atoms with Crippen molar-refractivity contribution in [2.45, 2.75) is 12.8 Å². The zero-order valence-electron chi connectivity index (χ0n) is 11.8. The monoisotopic (exact) mass is 295 g/mol. The molecule has 1 aliphatic rings. The molecule has 0 radical (unpaired) electrons. The first-order chi connectivity index (χ1) is 10.5. The maximum absolute atomic E-state index is 12.3. The van der Waals surface area contributed by atoms with Gasteiger partial charge in [0.1, 0.15) is 23.1 Å². The SMILES string of the molecule is Cc1cc2c(c(=O)[nH]1)[C@@H](c1ccc(O)cc1)C(C#N)=C(N)O2. The van der Waals surface area contributed by atoms with Crippen LogP contribution in [-0.2, 0) is 0 Å². The molecule has 0 fully saturated rings. The number of rotatable bonds is 1. The average Bonchev–Trinajstić information content (AvgIpc) is 2.46. The Hall–Kier alpha value is -3.20. The topological polar surface area (TPSA) is 112 Å². The van der Waals surface area contributed by atoms with Gasteiger partial charge in [0.05, 0.1) is 11.5 Å². The van der Waals surface area contributed by atoms with Crippen LogP contribution in [0.15, 0.2) is 46.6 Å². The van der Waals surface area contributed by atoms with Gasteiger partial charge < -0.3 is 20.6 Å². The van der Waals surface area contributed by atoms with Gasteiger partial charge in [0.2, 0.25) is 5.88 Å².